The van der Waals surface area contributed by atoms with Crippen molar-refractivity contribution in [2.45, 2.75) is 212 Å². The maximum atomic E-state index is 2.89. The van der Waals surface area contributed by atoms with E-state index in [2.05, 4.69) is 333 Å². The van der Waals surface area contributed by atoms with E-state index in [1.165, 1.54) is 169 Å². The van der Waals surface area contributed by atoms with Gasteiger partial charge in [-0.1, -0.05) is 263 Å². The molecule has 3 aliphatic heterocycles. The zero-order valence-electron chi connectivity index (χ0n) is 61.1. The van der Waals surface area contributed by atoms with Gasteiger partial charge in [-0.3, -0.25) is 0 Å². The van der Waals surface area contributed by atoms with Crippen molar-refractivity contribution in [2.24, 2.45) is 0 Å². The Morgan fingerprint density at radius 2 is 0.784 bits per heavy atom. The van der Waals surface area contributed by atoms with Crippen LogP contribution in [-0.2, 0) is 43.3 Å². The molecule has 7 aliphatic rings. The molecule has 0 amide bonds. The Kier molecular flexibility index (Phi) is 13.1. The highest BCUT2D eigenvalue weighted by Crippen LogP contribution is 2.64. The summed E-state index contributed by atoms with van der Waals surface area (Å²) in [6.07, 6.45) is 6.91. The average molecular weight is 1270 g/mol. The fourth-order valence-electron chi connectivity index (χ4n) is 20.5. The number of rotatable bonds is 5. The Labute approximate surface area is 580 Å². The van der Waals surface area contributed by atoms with Crippen LogP contribution in [0.2, 0.25) is 0 Å². The van der Waals surface area contributed by atoms with Gasteiger partial charge in [0.25, 0.3) is 6.71 Å². The summed E-state index contributed by atoms with van der Waals surface area (Å²) < 4.78 is 0. The molecular weight excluding hydrogens is 1170 g/mol. The Bertz CT molecular complexity index is 4990. The second kappa shape index (κ2) is 20.4. The summed E-state index contributed by atoms with van der Waals surface area (Å²) in [6, 6.07) is 78.0. The Morgan fingerprint density at radius 1 is 0.340 bits per heavy atom. The van der Waals surface area contributed by atoms with Crippen molar-refractivity contribution in [1.82, 2.24) is 0 Å². The summed E-state index contributed by atoms with van der Waals surface area (Å²) in [5.41, 5.74) is 36.1. The van der Waals surface area contributed by atoms with Crippen LogP contribution in [-0.4, -0.2) is 12.3 Å². The lowest BCUT2D eigenvalue weighted by Gasteiger charge is -2.52. The molecule has 2 atom stereocenters. The van der Waals surface area contributed by atoms with Crippen molar-refractivity contribution in [3.63, 3.8) is 0 Å². The Morgan fingerprint density at radius 3 is 1.30 bits per heavy atom. The zero-order chi connectivity index (χ0) is 67.8. The first-order chi connectivity index (χ1) is 45.9. The molecule has 0 spiro atoms. The van der Waals surface area contributed by atoms with Crippen LogP contribution in [0.4, 0.5) is 45.5 Å². The van der Waals surface area contributed by atoms with E-state index in [0.29, 0.717) is 0 Å². The van der Waals surface area contributed by atoms with Crippen molar-refractivity contribution in [2.75, 3.05) is 14.7 Å². The second-order valence-corrected chi connectivity index (χ2v) is 35.6. The van der Waals surface area contributed by atoms with Crippen molar-refractivity contribution >= 4 is 68.6 Å². The standard InChI is InChI=1S/C93H98BN3/c1-57-47-68-69(87(7,8)46-45-86(68,5)6)54-79(57)96-81-56-73-71(89(11,12)65-36-26-28-38-67(65)91(73,15)16)53-76(81)94-75-52-70-72(90(13,14)66-37-27-25-35-64(66)88(70,9)10)55-80(75)95(77-42-40-61(85(2,3)4)49-63(77)59-33-23-20-24-34-59)82-50-62(51-83(96)84(82)94)97-78-41-39-60(58-31-21-19-22-32-58)48-74(78)92(17)43-29-30-44-93(92,97)18/h19-28,31-42,47-56H,29-30,43-46H2,1-18H3. The third-order valence-electron chi connectivity index (χ3n) is 26.6. The summed E-state index contributed by atoms with van der Waals surface area (Å²) in [7, 11) is 0. The number of aryl methyl sites for hydroxylation is 1. The minimum Gasteiger partial charge on any atom is -0.334 e. The van der Waals surface area contributed by atoms with Crippen LogP contribution in [0.3, 0.4) is 0 Å². The minimum absolute atomic E-state index is 0.0275. The van der Waals surface area contributed by atoms with Crippen molar-refractivity contribution < 1.29 is 0 Å². The predicted octanol–water partition coefficient (Wildman–Crippen LogP) is 22.7. The predicted molar refractivity (Wildman–Crippen MR) is 414 cm³/mol. The molecular formula is C93H98BN3. The van der Waals surface area contributed by atoms with Crippen LogP contribution in [0.25, 0.3) is 22.3 Å². The maximum Gasteiger partial charge on any atom is 0.252 e. The van der Waals surface area contributed by atoms with Gasteiger partial charge >= 0.3 is 0 Å². The van der Waals surface area contributed by atoms with Crippen LogP contribution in [0, 0.1) is 6.92 Å². The third-order valence-corrected chi connectivity index (χ3v) is 26.6. The lowest BCUT2D eigenvalue weighted by atomic mass is 9.32. The lowest BCUT2D eigenvalue weighted by Crippen LogP contribution is -2.62. The van der Waals surface area contributed by atoms with Crippen LogP contribution < -0.4 is 31.1 Å². The molecule has 0 aromatic heterocycles. The average Bonchev–Trinajstić information content (AvgIpc) is 1.64. The van der Waals surface area contributed by atoms with E-state index < -0.39 is 0 Å². The van der Waals surface area contributed by atoms with E-state index in [-0.39, 0.29) is 55.6 Å². The van der Waals surface area contributed by atoms with Gasteiger partial charge in [-0.25, -0.2) is 0 Å². The van der Waals surface area contributed by atoms with Gasteiger partial charge in [0.1, 0.15) is 0 Å². The molecule has 488 valence electrons. The molecule has 0 N–H and O–H groups in total. The SMILES string of the molecule is Cc1cc2c(cc1N1c3cc4c(cc3B3c5cc6c(cc5N(c5ccc(C(C)(C)C)cc5-c5ccccc5)c5cc(N7c8ccc(-c9ccccc9)cc8C8(C)CCCCC78C)cc1c53)C(C)(C)c1ccccc1C6(C)C)C(C)(C)c1ccccc1C4(C)C)C(C)(C)CCC2(C)C. The summed E-state index contributed by atoms with van der Waals surface area (Å²) in [6.45, 7) is 44.7. The van der Waals surface area contributed by atoms with Gasteiger partial charge in [-0.2, -0.15) is 0 Å². The normalized spacial score (nSPS) is 21.8. The van der Waals surface area contributed by atoms with Crippen molar-refractivity contribution in [3.05, 3.63) is 266 Å². The third kappa shape index (κ3) is 8.53. The molecule has 3 nitrogen and oxygen atoms in total. The molecule has 0 bridgehead atoms. The number of nitrogens with zero attached hydrogens (tertiary/aromatic N) is 3. The molecule has 3 heterocycles. The first kappa shape index (κ1) is 62.2. The van der Waals surface area contributed by atoms with Crippen LogP contribution in [0.15, 0.2) is 194 Å². The van der Waals surface area contributed by atoms with E-state index in [4.69, 9.17) is 0 Å². The molecule has 97 heavy (non-hydrogen) atoms. The molecule has 1 saturated carbocycles. The monoisotopic (exact) mass is 1270 g/mol. The van der Waals surface area contributed by atoms with E-state index in [1.807, 2.05) is 0 Å². The topological polar surface area (TPSA) is 9.72 Å². The van der Waals surface area contributed by atoms with Gasteiger partial charge in [0, 0.05) is 72.5 Å². The highest BCUT2D eigenvalue weighted by Gasteiger charge is 2.59. The van der Waals surface area contributed by atoms with E-state index >= 15 is 0 Å². The quantitative estimate of drug-likeness (QED) is 0.159. The highest BCUT2D eigenvalue weighted by atomic mass is 15.3. The first-order valence-electron chi connectivity index (χ1n) is 36.6. The smallest absolute Gasteiger partial charge is 0.252 e. The van der Waals surface area contributed by atoms with Gasteiger partial charge in [0.05, 0.1) is 11.2 Å². The summed E-state index contributed by atoms with van der Waals surface area (Å²) in [5, 5.41) is 0. The molecule has 17 rings (SSSR count). The van der Waals surface area contributed by atoms with Gasteiger partial charge < -0.3 is 14.7 Å². The fourth-order valence-corrected chi connectivity index (χ4v) is 20.5. The van der Waals surface area contributed by atoms with E-state index in [0.717, 1.165) is 25.7 Å². The largest absolute Gasteiger partial charge is 0.334 e. The molecule has 4 heteroatoms. The number of anilines is 8. The molecule has 4 aliphatic carbocycles. The minimum atomic E-state index is -0.304. The van der Waals surface area contributed by atoms with E-state index in [1.54, 1.807) is 0 Å². The zero-order valence-corrected chi connectivity index (χ0v) is 61.1. The summed E-state index contributed by atoms with van der Waals surface area (Å²) >= 11 is 0. The van der Waals surface area contributed by atoms with Gasteiger partial charge in [0.2, 0.25) is 0 Å². The molecule has 0 saturated heterocycles. The summed E-state index contributed by atoms with van der Waals surface area (Å²) in [4.78, 5) is 8.54. The van der Waals surface area contributed by atoms with Gasteiger partial charge in [0.15, 0.2) is 0 Å². The molecule has 0 radical (unpaired) electrons. The number of benzene rings is 10. The van der Waals surface area contributed by atoms with Crippen molar-refractivity contribution in [1.29, 1.82) is 0 Å². The molecule has 1 fully saturated rings. The van der Waals surface area contributed by atoms with Crippen molar-refractivity contribution in [3.8, 4) is 22.3 Å². The van der Waals surface area contributed by atoms with Gasteiger partial charge in [-0.05, 0) is 216 Å². The molecule has 10 aromatic rings. The fraction of sp³-hybridized carbons (Fsp3) is 0.355. The highest BCUT2D eigenvalue weighted by molar-refractivity contribution is 7.00. The number of hydrogen-bond donors (Lipinski definition) is 0. The van der Waals surface area contributed by atoms with Crippen LogP contribution in [0.5, 0.6) is 0 Å². The maximum absolute atomic E-state index is 2.89. The van der Waals surface area contributed by atoms with Crippen LogP contribution >= 0.6 is 0 Å². The Balaban J connectivity index is 1.06. The molecule has 10 aromatic carbocycles. The second-order valence-electron chi connectivity index (χ2n) is 35.6. The van der Waals surface area contributed by atoms with Gasteiger partial charge in [-0.15, -0.1) is 0 Å². The molecule has 2 unspecified atom stereocenters. The summed E-state index contributed by atoms with van der Waals surface area (Å²) in [5.74, 6) is 0. The number of fused-ring (bicyclic) bond motifs is 12. The lowest BCUT2D eigenvalue weighted by molar-refractivity contribution is 0.195. The Hall–Kier alpha value is -8.34. The number of hydrogen-bond acceptors (Lipinski definition) is 3. The van der Waals surface area contributed by atoms with E-state index in [9.17, 15) is 0 Å². The van der Waals surface area contributed by atoms with Crippen LogP contribution in [0.1, 0.15) is 229 Å². The first-order valence-corrected chi connectivity index (χ1v) is 36.6.